The fourth-order valence-corrected chi connectivity index (χ4v) is 3.46. The van der Waals surface area contributed by atoms with E-state index < -0.39 is 29.1 Å². The van der Waals surface area contributed by atoms with Crippen LogP contribution in [0.25, 0.3) is 5.82 Å². The van der Waals surface area contributed by atoms with E-state index in [1.54, 1.807) is 6.92 Å². The molecule has 0 radical (unpaired) electrons. The lowest BCUT2D eigenvalue weighted by molar-refractivity contribution is -0.137. The van der Waals surface area contributed by atoms with Gasteiger partial charge in [-0.3, -0.25) is 9.59 Å². The maximum atomic E-state index is 13.4. The summed E-state index contributed by atoms with van der Waals surface area (Å²) in [6, 6.07) is 7.05. The van der Waals surface area contributed by atoms with Gasteiger partial charge in [-0.25, -0.2) is 9.67 Å². The van der Waals surface area contributed by atoms with Crippen molar-refractivity contribution in [2.45, 2.75) is 37.4 Å². The molecule has 2 heterocycles. The normalized spacial score (nSPS) is 15.5. The first kappa shape index (κ1) is 22.2. The lowest BCUT2D eigenvalue weighted by Gasteiger charge is -2.17. The second-order valence-electron chi connectivity index (χ2n) is 7.87. The molecule has 1 aliphatic rings. The molecule has 1 amide bonds. The highest BCUT2D eigenvalue weighted by Gasteiger charge is 2.46. The van der Waals surface area contributed by atoms with Gasteiger partial charge in [0.05, 0.1) is 23.1 Å². The fourth-order valence-electron chi connectivity index (χ4n) is 3.46. The number of nitriles is 1. The second kappa shape index (κ2) is 7.84. The Morgan fingerprint density at radius 3 is 2.61 bits per heavy atom. The zero-order valence-electron chi connectivity index (χ0n) is 17.6. The molecule has 0 saturated heterocycles. The van der Waals surface area contributed by atoms with Crippen LogP contribution in [0.5, 0.6) is 0 Å². The molecule has 1 fully saturated rings. The molecular formula is C21H18F3N7O2. The number of hydrogen-bond acceptors (Lipinski definition) is 6. The molecule has 33 heavy (non-hydrogen) atoms. The number of carbonyl (C=O) groups is 1. The average Bonchev–Trinajstić information content (AvgIpc) is 3.42. The largest absolute Gasteiger partial charge is 0.416 e. The highest BCUT2D eigenvalue weighted by atomic mass is 19.4. The van der Waals surface area contributed by atoms with Gasteiger partial charge in [0, 0.05) is 18.7 Å². The summed E-state index contributed by atoms with van der Waals surface area (Å²) < 4.78 is 42.8. The number of hydrogen-bond donors (Lipinski definition) is 1. The topological polar surface area (TPSA) is 118 Å². The minimum absolute atomic E-state index is 0.176. The standard InChI is InChI=1S/C21H18F3N7O2/c1-12(18-26-11-27-31(18)16-3-4-17(32)30(2)29-16)28-19(33)13-7-14(20(10-25)5-6-20)9-15(8-13)21(22,23)24/h3-4,7-9,11-12H,5-6H2,1-2H3,(H,28,33)/t12-/m0/s1. The Hall–Kier alpha value is -4.01. The summed E-state index contributed by atoms with van der Waals surface area (Å²) in [5.41, 5.74) is -2.34. The summed E-state index contributed by atoms with van der Waals surface area (Å²) in [6.07, 6.45) is -2.55. The van der Waals surface area contributed by atoms with Gasteiger partial charge in [-0.05, 0) is 49.6 Å². The van der Waals surface area contributed by atoms with Crippen LogP contribution in [0.4, 0.5) is 13.2 Å². The molecule has 12 heteroatoms. The van der Waals surface area contributed by atoms with Crippen molar-refractivity contribution in [3.05, 3.63) is 69.5 Å². The Kier molecular flexibility index (Phi) is 5.27. The molecule has 2 aromatic heterocycles. The number of rotatable bonds is 5. The molecule has 0 aliphatic heterocycles. The Morgan fingerprint density at radius 2 is 2.00 bits per heavy atom. The number of aromatic nitrogens is 5. The first-order valence-corrected chi connectivity index (χ1v) is 9.93. The molecule has 0 spiro atoms. The maximum absolute atomic E-state index is 13.4. The van der Waals surface area contributed by atoms with Gasteiger partial charge in [0.25, 0.3) is 11.5 Å². The van der Waals surface area contributed by atoms with Gasteiger partial charge in [0.15, 0.2) is 11.6 Å². The second-order valence-corrected chi connectivity index (χ2v) is 7.87. The Balaban J connectivity index is 1.64. The third kappa shape index (κ3) is 4.21. The van der Waals surface area contributed by atoms with Crippen molar-refractivity contribution in [1.29, 1.82) is 5.26 Å². The molecule has 1 N–H and O–H groups in total. The molecule has 0 unspecified atom stereocenters. The lowest BCUT2D eigenvalue weighted by atomic mass is 9.93. The molecule has 170 valence electrons. The van der Waals surface area contributed by atoms with Crippen molar-refractivity contribution in [3.63, 3.8) is 0 Å². The van der Waals surface area contributed by atoms with Gasteiger partial charge in [0.1, 0.15) is 6.33 Å². The van der Waals surface area contributed by atoms with Crippen LogP contribution in [0.15, 0.2) is 41.5 Å². The molecule has 9 nitrogen and oxygen atoms in total. The highest BCUT2D eigenvalue weighted by molar-refractivity contribution is 5.95. The minimum Gasteiger partial charge on any atom is -0.342 e. The first-order chi connectivity index (χ1) is 15.5. The molecule has 0 bridgehead atoms. The van der Waals surface area contributed by atoms with Gasteiger partial charge in [-0.15, -0.1) is 5.10 Å². The van der Waals surface area contributed by atoms with Crippen LogP contribution in [0.2, 0.25) is 0 Å². The Morgan fingerprint density at radius 1 is 1.27 bits per heavy atom. The third-order valence-corrected chi connectivity index (χ3v) is 5.51. The van der Waals surface area contributed by atoms with Crippen LogP contribution in [0.1, 0.15) is 53.1 Å². The van der Waals surface area contributed by atoms with E-state index in [0.717, 1.165) is 16.8 Å². The predicted molar refractivity (Wildman–Crippen MR) is 108 cm³/mol. The number of benzene rings is 1. The van der Waals surface area contributed by atoms with Gasteiger partial charge in [0.2, 0.25) is 0 Å². The van der Waals surface area contributed by atoms with Crippen molar-refractivity contribution in [2.75, 3.05) is 0 Å². The average molecular weight is 457 g/mol. The van der Waals surface area contributed by atoms with Crippen LogP contribution in [-0.2, 0) is 18.6 Å². The van der Waals surface area contributed by atoms with E-state index in [-0.39, 0.29) is 28.3 Å². The first-order valence-electron chi connectivity index (χ1n) is 9.93. The maximum Gasteiger partial charge on any atom is 0.416 e. The van der Waals surface area contributed by atoms with E-state index in [0.29, 0.717) is 12.8 Å². The predicted octanol–water partition coefficient (Wildman–Crippen LogP) is 2.43. The summed E-state index contributed by atoms with van der Waals surface area (Å²) in [7, 11) is 1.47. The summed E-state index contributed by atoms with van der Waals surface area (Å²) in [6.45, 7) is 1.59. The van der Waals surface area contributed by atoms with Crippen LogP contribution in [-0.4, -0.2) is 30.5 Å². The van der Waals surface area contributed by atoms with Gasteiger partial charge >= 0.3 is 6.18 Å². The quantitative estimate of drug-likeness (QED) is 0.629. The zero-order chi connectivity index (χ0) is 24.0. The van der Waals surface area contributed by atoms with E-state index >= 15 is 0 Å². The Labute approximate surface area is 185 Å². The summed E-state index contributed by atoms with van der Waals surface area (Å²) in [5.74, 6) is -0.222. The summed E-state index contributed by atoms with van der Waals surface area (Å²) >= 11 is 0. The lowest BCUT2D eigenvalue weighted by Crippen LogP contribution is -2.30. The SMILES string of the molecule is C[C@H](NC(=O)c1cc(C(F)(F)F)cc(C2(C#N)CC2)c1)c1ncnn1-c1ccc(=O)n(C)n1. The van der Waals surface area contributed by atoms with E-state index in [9.17, 15) is 28.0 Å². The minimum atomic E-state index is -4.67. The van der Waals surface area contributed by atoms with Crippen LogP contribution in [0.3, 0.4) is 0 Å². The summed E-state index contributed by atoms with van der Waals surface area (Å²) in [5, 5.41) is 20.2. The van der Waals surface area contributed by atoms with Crippen molar-refractivity contribution in [2.24, 2.45) is 7.05 Å². The van der Waals surface area contributed by atoms with E-state index in [1.165, 1.54) is 36.3 Å². The molecular weight excluding hydrogens is 439 g/mol. The monoisotopic (exact) mass is 457 g/mol. The smallest absolute Gasteiger partial charge is 0.342 e. The van der Waals surface area contributed by atoms with E-state index in [4.69, 9.17) is 0 Å². The number of halogens is 3. The number of nitrogens with zero attached hydrogens (tertiary/aromatic N) is 6. The van der Waals surface area contributed by atoms with Gasteiger partial charge in [-0.2, -0.15) is 28.2 Å². The third-order valence-electron chi connectivity index (χ3n) is 5.51. The molecule has 4 rings (SSSR count). The molecule has 1 aromatic carbocycles. The van der Waals surface area contributed by atoms with Crippen LogP contribution in [0, 0.1) is 11.3 Å². The van der Waals surface area contributed by atoms with Crippen molar-refractivity contribution in [1.82, 2.24) is 29.9 Å². The number of nitrogens with one attached hydrogen (secondary N) is 1. The molecule has 1 saturated carbocycles. The van der Waals surface area contributed by atoms with Crippen molar-refractivity contribution in [3.8, 4) is 11.9 Å². The van der Waals surface area contributed by atoms with Crippen molar-refractivity contribution < 1.29 is 18.0 Å². The van der Waals surface area contributed by atoms with Crippen LogP contribution < -0.4 is 10.9 Å². The zero-order valence-corrected chi connectivity index (χ0v) is 17.6. The van der Waals surface area contributed by atoms with E-state index in [2.05, 4.69) is 26.6 Å². The number of aryl methyl sites for hydroxylation is 1. The fraction of sp³-hybridized carbons (Fsp3) is 0.333. The van der Waals surface area contributed by atoms with Gasteiger partial charge < -0.3 is 5.32 Å². The van der Waals surface area contributed by atoms with Crippen LogP contribution >= 0.6 is 0 Å². The molecule has 1 aliphatic carbocycles. The van der Waals surface area contributed by atoms with Crippen molar-refractivity contribution >= 4 is 5.91 Å². The number of amides is 1. The number of carbonyl (C=O) groups excluding carboxylic acids is 1. The summed E-state index contributed by atoms with van der Waals surface area (Å²) in [4.78, 5) is 28.6. The Bertz CT molecular complexity index is 1330. The molecule has 3 aromatic rings. The molecule has 1 atom stereocenters. The highest BCUT2D eigenvalue weighted by Crippen LogP contribution is 2.48. The van der Waals surface area contributed by atoms with E-state index in [1.807, 2.05) is 0 Å². The number of alkyl halides is 3. The van der Waals surface area contributed by atoms with Gasteiger partial charge in [-0.1, -0.05) is 0 Å².